The molecule has 0 spiro atoms. The van der Waals surface area contributed by atoms with Crippen LogP contribution in [0.3, 0.4) is 0 Å². The molecule has 1 rings (SSSR count). The molecule has 0 aliphatic heterocycles. The number of benzene rings is 1. The summed E-state index contributed by atoms with van der Waals surface area (Å²) in [5, 5.41) is 0. The molecular weight excluding hydrogens is 274 g/mol. The standard InChI is InChI=1S/C10H11F4NO2S/c11-7-3-8(15)5-9(4-7)18(16)2-1-17-6-10(12,13)14/h3-5H,1-2,6,15H2. The largest absolute Gasteiger partial charge is 0.411 e. The van der Waals surface area contributed by atoms with Crippen LogP contribution in [0.4, 0.5) is 23.2 Å². The highest BCUT2D eigenvalue weighted by Gasteiger charge is 2.27. The summed E-state index contributed by atoms with van der Waals surface area (Å²) < 4.78 is 64.1. The number of halogens is 4. The Morgan fingerprint density at radius 2 is 1.94 bits per heavy atom. The van der Waals surface area contributed by atoms with Gasteiger partial charge < -0.3 is 10.5 Å². The van der Waals surface area contributed by atoms with Gasteiger partial charge in [-0.1, -0.05) is 0 Å². The molecule has 0 radical (unpaired) electrons. The molecular formula is C10H11F4NO2S. The Balaban J connectivity index is 2.46. The molecule has 1 atom stereocenters. The van der Waals surface area contributed by atoms with E-state index in [4.69, 9.17) is 5.73 Å². The van der Waals surface area contributed by atoms with Crippen LogP contribution in [0, 0.1) is 5.82 Å². The number of alkyl halides is 3. The number of nitrogens with two attached hydrogens (primary N) is 1. The molecule has 1 aromatic rings. The summed E-state index contributed by atoms with van der Waals surface area (Å²) in [5.74, 6) is -0.798. The van der Waals surface area contributed by atoms with Crippen molar-refractivity contribution in [1.29, 1.82) is 0 Å². The van der Waals surface area contributed by atoms with Gasteiger partial charge in [0.2, 0.25) is 0 Å². The minimum atomic E-state index is -4.41. The Hall–Kier alpha value is -1.15. The zero-order valence-electron chi connectivity index (χ0n) is 9.17. The van der Waals surface area contributed by atoms with Crippen molar-refractivity contribution in [3.8, 4) is 0 Å². The molecule has 3 nitrogen and oxygen atoms in total. The maximum absolute atomic E-state index is 12.9. The molecule has 102 valence electrons. The van der Waals surface area contributed by atoms with Gasteiger partial charge in [0.15, 0.2) is 0 Å². The second-order valence-corrected chi connectivity index (χ2v) is 5.01. The van der Waals surface area contributed by atoms with Gasteiger partial charge in [-0.3, -0.25) is 4.21 Å². The summed E-state index contributed by atoms with van der Waals surface area (Å²) >= 11 is 0. The Kier molecular flexibility index (Phi) is 5.09. The second-order valence-electron chi connectivity index (χ2n) is 3.44. The van der Waals surface area contributed by atoms with Crippen LogP contribution >= 0.6 is 0 Å². The molecule has 0 aliphatic rings. The van der Waals surface area contributed by atoms with E-state index in [-0.39, 0.29) is 22.9 Å². The van der Waals surface area contributed by atoms with Crippen LogP contribution in [-0.2, 0) is 15.5 Å². The number of hydrogen-bond donors (Lipinski definition) is 1. The van der Waals surface area contributed by atoms with Gasteiger partial charge in [-0.15, -0.1) is 0 Å². The first-order valence-electron chi connectivity index (χ1n) is 4.87. The summed E-state index contributed by atoms with van der Waals surface area (Å²) in [6.07, 6.45) is -4.41. The SMILES string of the molecule is Nc1cc(F)cc(S(=O)CCOCC(F)(F)F)c1. The van der Waals surface area contributed by atoms with Crippen LogP contribution in [0.15, 0.2) is 23.1 Å². The molecule has 0 amide bonds. The molecule has 0 bridgehead atoms. The van der Waals surface area contributed by atoms with E-state index in [1.54, 1.807) is 0 Å². The van der Waals surface area contributed by atoms with E-state index < -0.39 is 29.4 Å². The van der Waals surface area contributed by atoms with Crippen LogP contribution in [0.1, 0.15) is 0 Å². The quantitative estimate of drug-likeness (QED) is 0.512. The number of anilines is 1. The molecule has 0 saturated heterocycles. The summed E-state index contributed by atoms with van der Waals surface area (Å²) in [5.41, 5.74) is 5.46. The van der Waals surface area contributed by atoms with Gasteiger partial charge in [-0.05, 0) is 18.2 Å². The lowest BCUT2D eigenvalue weighted by atomic mass is 10.3. The van der Waals surface area contributed by atoms with E-state index >= 15 is 0 Å². The van der Waals surface area contributed by atoms with E-state index in [0.29, 0.717) is 0 Å². The van der Waals surface area contributed by atoms with Gasteiger partial charge in [-0.2, -0.15) is 13.2 Å². The lowest BCUT2D eigenvalue weighted by molar-refractivity contribution is -0.172. The fourth-order valence-electron chi connectivity index (χ4n) is 1.16. The zero-order chi connectivity index (χ0) is 13.8. The van der Waals surface area contributed by atoms with Gasteiger partial charge in [-0.25, -0.2) is 4.39 Å². The Bertz CT molecular complexity index is 416. The molecule has 1 unspecified atom stereocenters. The van der Waals surface area contributed by atoms with E-state index in [2.05, 4.69) is 4.74 Å². The van der Waals surface area contributed by atoms with Crippen molar-refractivity contribution in [3.63, 3.8) is 0 Å². The topological polar surface area (TPSA) is 52.3 Å². The predicted molar refractivity (Wildman–Crippen MR) is 59.0 cm³/mol. The van der Waals surface area contributed by atoms with Crippen molar-refractivity contribution in [2.45, 2.75) is 11.1 Å². The van der Waals surface area contributed by atoms with Crippen molar-refractivity contribution in [2.24, 2.45) is 0 Å². The first kappa shape index (κ1) is 14.9. The average molecular weight is 285 g/mol. The maximum atomic E-state index is 12.9. The van der Waals surface area contributed by atoms with Crippen LogP contribution in [-0.4, -0.2) is 29.4 Å². The number of hydrogen-bond acceptors (Lipinski definition) is 3. The van der Waals surface area contributed by atoms with Crippen LogP contribution in [0.2, 0.25) is 0 Å². The fourth-order valence-corrected chi connectivity index (χ4v) is 2.17. The van der Waals surface area contributed by atoms with Gasteiger partial charge in [0.25, 0.3) is 0 Å². The van der Waals surface area contributed by atoms with Gasteiger partial charge in [0.1, 0.15) is 12.4 Å². The molecule has 0 heterocycles. The Labute approximate surface area is 103 Å². The molecule has 0 saturated carbocycles. The van der Waals surface area contributed by atoms with E-state index in [1.165, 1.54) is 6.07 Å². The van der Waals surface area contributed by atoms with Crippen molar-refractivity contribution >= 4 is 16.5 Å². The zero-order valence-corrected chi connectivity index (χ0v) is 9.98. The van der Waals surface area contributed by atoms with Crippen molar-refractivity contribution in [1.82, 2.24) is 0 Å². The van der Waals surface area contributed by atoms with Gasteiger partial charge in [0, 0.05) is 10.6 Å². The lowest BCUT2D eigenvalue weighted by Gasteiger charge is -2.07. The maximum Gasteiger partial charge on any atom is 0.411 e. The van der Waals surface area contributed by atoms with Crippen molar-refractivity contribution in [3.05, 3.63) is 24.0 Å². The minimum Gasteiger partial charge on any atom is -0.399 e. The molecule has 0 aliphatic carbocycles. The van der Waals surface area contributed by atoms with Crippen molar-refractivity contribution < 1.29 is 26.5 Å². The highest BCUT2D eigenvalue weighted by Crippen LogP contribution is 2.16. The third-order valence-electron chi connectivity index (χ3n) is 1.84. The highest BCUT2D eigenvalue weighted by molar-refractivity contribution is 7.85. The monoisotopic (exact) mass is 285 g/mol. The summed E-state index contributed by atoms with van der Waals surface area (Å²) in [4.78, 5) is 0.128. The minimum absolute atomic E-state index is 0.106. The van der Waals surface area contributed by atoms with E-state index in [0.717, 1.165) is 12.1 Å². The summed E-state index contributed by atoms with van der Waals surface area (Å²) in [6.45, 7) is -1.72. The normalized spacial score (nSPS) is 13.6. The summed E-state index contributed by atoms with van der Waals surface area (Å²) in [7, 11) is -1.64. The van der Waals surface area contributed by atoms with Crippen molar-refractivity contribution in [2.75, 3.05) is 24.7 Å². The molecule has 0 aromatic heterocycles. The van der Waals surface area contributed by atoms with Gasteiger partial charge in [0.05, 0.1) is 23.2 Å². The Morgan fingerprint density at radius 1 is 1.28 bits per heavy atom. The molecule has 2 N–H and O–H groups in total. The fraction of sp³-hybridized carbons (Fsp3) is 0.400. The number of ether oxygens (including phenoxy) is 1. The average Bonchev–Trinajstić information content (AvgIpc) is 2.21. The third-order valence-corrected chi connectivity index (χ3v) is 3.13. The second kappa shape index (κ2) is 6.14. The van der Waals surface area contributed by atoms with Crippen LogP contribution < -0.4 is 5.73 Å². The molecule has 8 heteroatoms. The number of rotatable bonds is 5. The third kappa shape index (κ3) is 5.46. The smallest absolute Gasteiger partial charge is 0.399 e. The molecule has 0 fully saturated rings. The predicted octanol–water partition coefficient (Wildman–Crippen LogP) is 2.09. The first-order valence-corrected chi connectivity index (χ1v) is 6.19. The van der Waals surface area contributed by atoms with E-state index in [9.17, 15) is 21.8 Å². The summed E-state index contributed by atoms with van der Waals surface area (Å²) in [6, 6.07) is 3.39. The van der Waals surface area contributed by atoms with Gasteiger partial charge >= 0.3 is 6.18 Å². The highest BCUT2D eigenvalue weighted by atomic mass is 32.2. The van der Waals surface area contributed by atoms with Crippen LogP contribution in [0.5, 0.6) is 0 Å². The first-order chi connectivity index (χ1) is 8.28. The Morgan fingerprint density at radius 3 is 2.50 bits per heavy atom. The molecule has 1 aromatic carbocycles. The lowest BCUT2D eigenvalue weighted by Crippen LogP contribution is -2.19. The van der Waals surface area contributed by atoms with Crippen LogP contribution in [0.25, 0.3) is 0 Å². The molecule has 18 heavy (non-hydrogen) atoms. The van der Waals surface area contributed by atoms with E-state index in [1.807, 2.05) is 0 Å². The number of nitrogen functional groups attached to an aromatic ring is 1.